The Labute approximate surface area is 159 Å². The lowest BCUT2D eigenvalue weighted by Crippen LogP contribution is -2.47. The van der Waals surface area contributed by atoms with Crippen molar-refractivity contribution in [3.05, 3.63) is 28.5 Å². The Morgan fingerprint density at radius 3 is 2.46 bits per heavy atom. The fourth-order valence-electron chi connectivity index (χ4n) is 3.55. The van der Waals surface area contributed by atoms with Crippen molar-refractivity contribution in [1.82, 2.24) is 10.2 Å². The first-order valence-corrected chi connectivity index (χ1v) is 8.25. The highest BCUT2D eigenvalue weighted by atomic mass is 35.5. The van der Waals surface area contributed by atoms with E-state index in [0.717, 1.165) is 52.2 Å². The Hall–Kier alpha value is -0.300. The van der Waals surface area contributed by atoms with Crippen LogP contribution in [-0.4, -0.2) is 49.4 Å². The molecule has 1 aromatic carbocycles. The lowest BCUT2D eigenvalue weighted by Gasteiger charge is -2.41. The van der Waals surface area contributed by atoms with Crippen molar-refractivity contribution in [3.8, 4) is 5.75 Å². The number of nitrogens with one attached hydrogen (secondary N) is 1. The number of nitrogens with zero attached hydrogens (tertiary/aromatic N) is 1. The topological polar surface area (TPSA) is 44.7 Å². The molecule has 138 valence electrons. The first-order chi connectivity index (χ1) is 10.7. The minimum Gasteiger partial charge on any atom is -0.505 e. The van der Waals surface area contributed by atoms with Crippen LogP contribution in [0.2, 0.25) is 5.02 Å². The van der Waals surface area contributed by atoms with Crippen LogP contribution < -0.4 is 5.32 Å². The largest absolute Gasteiger partial charge is 0.505 e. The first-order valence-electron chi connectivity index (χ1n) is 7.87. The molecule has 0 amide bonds. The van der Waals surface area contributed by atoms with E-state index in [2.05, 4.69) is 10.2 Å². The highest BCUT2D eigenvalue weighted by molar-refractivity contribution is 6.30. The van der Waals surface area contributed by atoms with Crippen LogP contribution in [0.4, 0.5) is 4.39 Å². The molecule has 0 aliphatic carbocycles. The predicted octanol–water partition coefficient (Wildman–Crippen LogP) is 3.40. The average molecular weight is 402 g/mol. The molecule has 2 aliphatic rings. The van der Waals surface area contributed by atoms with E-state index in [0.29, 0.717) is 16.5 Å². The standard InChI is InChI=1S/C16H22ClFN2O2.2ClH/c17-12-9-13(16(21)14(18)10-12)15(11-1-7-22-8-2-11)20-5-3-19-4-6-20;;/h9-11,15,19,21H,1-8H2;2*1H/t15-;;/m0../s1. The third-order valence-electron chi connectivity index (χ3n) is 4.63. The van der Waals surface area contributed by atoms with Crippen LogP contribution in [0.25, 0.3) is 0 Å². The van der Waals surface area contributed by atoms with Gasteiger partial charge in [0.15, 0.2) is 11.6 Å². The van der Waals surface area contributed by atoms with E-state index in [1.54, 1.807) is 6.07 Å². The molecule has 2 fully saturated rings. The molecule has 0 radical (unpaired) electrons. The van der Waals surface area contributed by atoms with Crippen molar-refractivity contribution >= 4 is 36.4 Å². The van der Waals surface area contributed by atoms with E-state index in [4.69, 9.17) is 16.3 Å². The summed E-state index contributed by atoms with van der Waals surface area (Å²) in [6.45, 7) is 5.02. The van der Waals surface area contributed by atoms with Gasteiger partial charge in [0, 0.05) is 56.0 Å². The fraction of sp³-hybridized carbons (Fsp3) is 0.625. The predicted molar refractivity (Wildman–Crippen MR) is 98.3 cm³/mol. The second kappa shape index (κ2) is 10.00. The van der Waals surface area contributed by atoms with Gasteiger partial charge >= 0.3 is 0 Å². The molecule has 0 bridgehead atoms. The maximum atomic E-state index is 13.9. The minimum absolute atomic E-state index is 0. The molecular formula is C16H24Cl3FN2O2. The molecule has 8 heteroatoms. The lowest BCUT2D eigenvalue weighted by atomic mass is 9.85. The number of hydrogen-bond donors (Lipinski definition) is 2. The number of hydrogen-bond acceptors (Lipinski definition) is 4. The second-order valence-electron chi connectivity index (χ2n) is 6.01. The lowest BCUT2D eigenvalue weighted by molar-refractivity contribution is 0.0205. The van der Waals surface area contributed by atoms with Crippen molar-refractivity contribution in [2.75, 3.05) is 39.4 Å². The number of rotatable bonds is 3. The molecule has 4 nitrogen and oxygen atoms in total. The summed E-state index contributed by atoms with van der Waals surface area (Å²) < 4.78 is 19.4. The van der Waals surface area contributed by atoms with E-state index in [1.807, 2.05) is 0 Å². The van der Waals surface area contributed by atoms with E-state index >= 15 is 0 Å². The number of piperazine rings is 1. The van der Waals surface area contributed by atoms with Crippen molar-refractivity contribution < 1.29 is 14.2 Å². The third-order valence-corrected chi connectivity index (χ3v) is 4.85. The maximum absolute atomic E-state index is 13.9. The van der Waals surface area contributed by atoms with Gasteiger partial charge in [-0.25, -0.2) is 4.39 Å². The monoisotopic (exact) mass is 400 g/mol. The Morgan fingerprint density at radius 1 is 1.21 bits per heavy atom. The number of benzene rings is 1. The minimum atomic E-state index is -0.644. The zero-order valence-electron chi connectivity index (χ0n) is 13.3. The third kappa shape index (κ3) is 4.87. The molecule has 0 spiro atoms. The van der Waals surface area contributed by atoms with Gasteiger partial charge in [-0.05, 0) is 30.9 Å². The van der Waals surface area contributed by atoms with E-state index < -0.39 is 5.82 Å². The number of aromatic hydroxyl groups is 1. The fourth-order valence-corrected chi connectivity index (χ4v) is 3.77. The smallest absolute Gasteiger partial charge is 0.166 e. The number of phenols is 1. The van der Waals surface area contributed by atoms with Crippen molar-refractivity contribution in [3.63, 3.8) is 0 Å². The van der Waals surface area contributed by atoms with Gasteiger partial charge < -0.3 is 15.2 Å². The van der Waals surface area contributed by atoms with Crippen LogP contribution in [0.15, 0.2) is 12.1 Å². The summed E-state index contributed by atoms with van der Waals surface area (Å²) in [5.74, 6) is -0.565. The summed E-state index contributed by atoms with van der Waals surface area (Å²) in [6, 6.07) is 2.86. The van der Waals surface area contributed by atoms with Gasteiger partial charge in [0.25, 0.3) is 0 Å². The van der Waals surface area contributed by atoms with Gasteiger partial charge in [-0.1, -0.05) is 11.6 Å². The summed E-state index contributed by atoms with van der Waals surface area (Å²) in [5.41, 5.74) is 0.610. The highest BCUT2D eigenvalue weighted by Crippen LogP contribution is 2.41. The molecule has 2 saturated heterocycles. The molecule has 2 N–H and O–H groups in total. The number of halogens is 4. The average Bonchev–Trinajstić information content (AvgIpc) is 2.54. The number of ether oxygens (including phenoxy) is 1. The Morgan fingerprint density at radius 2 is 1.83 bits per heavy atom. The van der Waals surface area contributed by atoms with Gasteiger partial charge in [-0.15, -0.1) is 24.8 Å². The summed E-state index contributed by atoms with van der Waals surface area (Å²) in [6.07, 6.45) is 1.84. The summed E-state index contributed by atoms with van der Waals surface area (Å²) >= 11 is 6.04. The van der Waals surface area contributed by atoms with E-state index in [-0.39, 0.29) is 36.6 Å². The van der Waals surface area contributed by atoms with Crippen molar-refractivity contribution in [2.24, 2.45) is 5.92 Å². The van der Waals surface area contributed by atoms with Crippen LogP contribution in [0.5, 0.6) is 5.75 Å². The summed E-state index contributed by atoms with van der Waals surface area (Å²) in [5, 5.41) is 13.9. The molecule has 0 saturated carbocycles. The van der Waals surface area contributed by atoms with Crippen molar-refractivity contribution in [2.45, 2.75) is 18.9 Å². The number of phenolic OH excluding ortho intramolecular Hbond substituents is 1. The van der Waals surface area contributed by atoms with Gasteiger partial charge in [0.05, 0.1) is 0 Å². The second-order valence-corrected chi connectivity index (χ2v) is 6.44. The van der Waals surface area contributed by atoms with Gasteiger partial charge in [-0.2, -0.15) is 0 Å². The SMILES string of the molecule is Cl.Cl.Oc1c(F)cc(Cl)cc1[C@H](C1CCOCC1)N1CCNCC1. The molecule has 0 unspecified atom stereocenters. The Balaban J connectivity index is 0.00000144. The quantitative estimate of drug-likeness (QED) is 0.815. The van der Waals surface area contributed by atoms with Gasteiger partial charge in [0.2, 0.25) is 0 Å². The first kappa shape index (κ1) is 21.7. The molecular weight excluding hydrogens is 378 g/mol. The molecule has 2 heterocycles. The van der Waals surface area contributed by atoms with Crippen LogP contribution in [-0.2, 0) is 4.74 Å². The van der Waals surface area contributed by atoms with Crippen molar-refractivity contribution in [1.29, 1.82) is 0 Å². The highest BCUT2D eigenvalue weighted by Gasteiger charge is 2.33. The maximum Gasteiger partial charge on any atom is 0.166 e. The molecule has 1 aromatic rings. The van der Waals surface area contributed by atoms with Gasteiger partial charge in [0.1, 0.15) is 0 Å². The van der Waals surface area contributed by atoms with E-state index in [1.165, 1.54) is 6.07 Å². The molecule has 24 heavy (non-hydrogen) atoms. The Bertz CT molecular complexity index is 506. The zero-order valence-corrected chi connectivity index (χ0v) is 15.7. The molecule has 1 atom stereocenters. The normalized spacial score (nSPS) is 20.8. The van der Waals surface area contributed by atoms with Crippen LogP contribution in [0.1, 0.15) is 24.4 Å². The van der Waals surface area contributed by atoms with E-state index in [9.17, 15) is 9.50 Å². The summed E-state index contributed by atoms with van der Waals surface area (Å²) in [7, 11) is 0. The van der Waals surface area contributed by atoms with Crippen LogP contribution in [0.3, 0.4) is 0 Å². The zero-order chi connectivity index (χ0) is 15.5. The Kier molecular flexibility index (Phi) is 9.06. The van der Waals surface area contributed by atoms with Crippen LogP contribution >= 0.6 is 36.4 Å². The molecule has 0 aromatic heterocycles. The van der Waals surface area contributed by atoms with Gasteiger partial charge in [-0.3, -0.25) is 4.90 Å². The summed E-state index contributed by atoms with van der Waals surface area (Å²) in [4.78, 5) is 2.33. The molecule has 2 aliphatic heterocycles. The van der Waals surface area contributed by atoms with Crippen LogP contribution in [0, 0.1) is 11.7 Å². The molecule has 3 rings (SSSR count).